The summed E-state index contributed by atoms with van der Waals surface area (Å²) in [6.45, 7) is 2.20. The average Bonchev–Trinajstić information content (AvgIpc) is 2.42. The van der Waals surface area contributed by atoms with E-state index in [-0.39, 0.29) is 5.91 Å². The van der Waals surface area contributed by atoms with E-state index in [2.05, 4.69) is 12.1 Å². The highest BCUT2D eigenvalue weighted by Crippen LogP contribution is 2.01. The number of carbonyl (C=O) groups excluding carboxylic acids is 1. The van der Waals surface area contributed by atoms with Gasteiger partial charge in [0.15, 0.2) is 0 Å². The van der Waals surface area contributed by atoms with Crippen LogP contribution in [0.4, 0.5) is 0 Å². The second kappa shape index (κ2) is 8.66. The Morgan fingerprint density at radius 2 is 2.00 bits per heavy atom. The van der Waals surface area contributed by atoms with Crippen LogP contribution in [0, 0.1) is 0 Å². The van der Waals surface area contributed by atoms with Gasteiger partial charge in [0.1, 0.15) is 0 Å². The maximum Gasteiger partial charge on any atom is 0.224 e. The Morgan fingerprint density at radius 3 is 2.67 bits per heavy atom. The quantitative estimate of drug-likeness (QED) is 0.702. The van der Waals surface area contributed by atoms with Gasteiger partial charge in [0.25, 0.3) is 0 Å². The zero-order chi connectivity index (χ0) is 13.2. The third kappa shape index (κ3) is 5.80. The molecule has 1 rings (SSSR count). The van der Waals surface area contributed by atoms with Crippen molar-refractivity contribution in [3.8, 4) is 0 Å². The Labute approximate surface area is 109 Å². The summed E-state index contributed by atoms with van der Waals surface area (Å²) in [5.74, 6) is 0.114. The molecule has 0 aliphatic rings. The van der Waals surface area contributed by atoms with Crippen LogP contribution < -0.4 is 5.73 Å². The molecule has 0 radical (unpaired) electrons. The first-order chi connectivity index (χ1) is 8.74. The minimum Gasteiger partial charge on any atom is -0.380 e. The number of hydrogen-bond acceptors (Lipinski definition) is 3. The van der Waals surface area contributed by atoms with Gasteiger partial charge in [-0.25, -0.2) is 0 Å². The number of likely N-dealkylation sites (N-methyl/N-ethyl adjacent to an activating group) is 1. The van der Waals surface area contributed by atoms with Gasteiger partial charge in [-0.1, -0.05) is 30.3 Å². The SMILES string of the molecule is CN(CCc1ccccc1)C(=O)CCOCCN. The normalized spacial score (nSPS) is 10.3. The summed E-state index contributed by atoms with van der Waals surface area (Å²) in [7, 11) is 1.83. The topological polar surface area (TPSA) is 55.6 Å². The van der Waals surface area contributed by atoms with Crippen molar-refractivity contribution in [3.63, 3.8) is 0 Å². The molecule has 0 unspecified atom stereocenters. The monoisotopic (exact) mass is 250 g/mol. The lowest BCUT2D eigenvalue weighted by Crippen LogP contribution is -2.29. The molecule has 4 heteroatoms. The van der Waals surface area contributed by atoms with E-state index < -0.39 is 0 Å². The molecule has 0 aromatic heterocycles. The zero-order valence-electron chi connectivity index (χ0n) is 11.0. The van der Waals surface area contributed by atoms with Gasteiger partial charge >= 0.3 is 0 Å². The second-order valence-corrected chi connectivity index (χ2v) is 4.20. The predicted molar refractivity (Wildman–Crippen MR) is 72.3 cm³/mol. The molecular formula is C14H22N2O2. The second-order valence-electron chi connectivity index (χ2n) is 4.20. The first kappa shape index (κ1) is 14.7. The third-order valence-electron chi connectivity index (χ3n) is 2.73. The Kier molecular flexibility index (Phi) is 7.06. The number of ether oxygens (including phenoxy) is 1. The minimum atomic E-state index is 0.114. The molecule has 0 aliphatic heterocycles. The van der Waals surface area contributed by atoms with Crippen molar-refractivity contribution in [3.05, 3.63) is 35.9 Å². The number of nitrogens with two attached hydrogens (primary N) is 1. The fraction of sp³-hybridized carbons (Fsp3) is 0.500. The Hall–Kier alpha value is -1.39. The molecule has 0 spiro atoms. The van der Waals surface area contributed by atoms with Crippen LogP contribution in [0.1, 0.15) is 12.0 Å². The summed E-state index contributed by atoms with van der Waals surface area (Å²) in [6.07, 6.45) is 1.30. The molecule has 1 aromatic rings. The number of benzene rings is 1. The van der Waals surface area contributed by atoms with Crippen molar-refractivity contribution >= 4 is 5.91 Å². The van der Waals surface area contributed by atoms with Gasteiger partial charge in [0, 0.05) is 20.1 Å². The fourth-order valence-corrected chi connectivity index (χ4v) is 1.60. The van der Waals surface area contributed by atoms with Crippen molar-refractivity contribution in [2.75, 3.05) is 33.4 Å². The molecule has 0 fully saturated rings. The lowest BCUT2D eigenvalue weighted by Gasteiger charge is -2.17. The minimum absolute atomic E-state index is 0.114. The van der Waals surface area contributed by atoms with Crippen LogP contribution in [0.5, 0.6) is 0 Å². The molecule has 0 bridgehead atoms. The van der Waals surface area contributed by atoms with Gasteiger partial charge < -0.3 is 15.4 Å². The summed E-state index contributed by atoms with van der Waals surface area (Å²) < 4.78 is 5.19. The zero-order valence-corrected chi connectivity index (χ0v) is 11.0. The largest absolute Gasteiger partial charge is 0.380 e. The molecule has 0 heterocycles. The lowest BCUT2D eigenvalue weighted by atomic mass is 10.1. The first-order valence-electron chi connectivity index (χ1n) is 6.29. The standard InChI is InChI=1S/C14H22N2O2/c1-16(14(17)8-11-18-12-9-15)10-7-13-5-3-2-4-6-13/h2-6H,7-12,15H2,1H3. The van der Waals surface area contributed by atoms with Gasteiger partial charge in [0.2, 0.25) is 5.91 Å². The van der Waals surface area contributed by atoms with Crippen LogP contribution in [0.25, 0.3) is 0 Å². The van der Waals surface area contributed by atoms with E-state index in [1.807, 2.05) is 25.2 Å². The maximum absolute atomic E-state index is 11.7. The van der Waals surface area contributed by atoms with Crippen molar-refractivity contribution < 1.29 is 9.53 Å². The summed E-state index contributed by atoms with van der Waals surface area (Å²) in [6, 6.07) is 10.2. The van der Waals surface area contributed by atoms with Crippen LogP contribution in [-0.2, 0) is 16.0 Å². The summed E-state index contributed by atoms with van der Waals surface area (Å²) in [4.78, 5) is 13.5. The van der Waals surface area contributed by atoms with Crippen LogP contribution in [0.2, 0.25) is 0 Å². The molecular weight excluding hydrogens is 228 g/mol. The molecule has 2 N–H and O–H groups in total. The number of rotatable bonds is 8. The predicted octanol–water partition coefficient (Wildman–Crippen LogP) is 1.05. The highest BCUT2D eigenvalue weighted by molar-refractivity contribution is 5.75. The summed E-state index contributed by atoms with van der Waals surface area (Å²) in [5.41, 5.74) is 6.54. The van der Waals surface area contributed by atoms with Gasteiger partial charge in [-0.15, -0.1) is 0 Å². The molecule has 1 amide bonds. The van der Waals surface area contributed by atoms with Gasteiger partial charge in [-0.05, 0) is 12.0 Å². The van der Waals surface area contributed by atoms with E-state index >= 15 is 0 Å². The van der Waals surface area contributed by atoms with Gasteiger partial charge in [-0.2, -0.15) is 0 Å². The molecule has 1 aromatic carbocycles. The molecule has 0 saturated heterocycles. The van der Waals surface area contributed by atoms with E-state index in [9.17, 15) is 4.79 Å². The molecule has 0 atom stereocenters. The Morgan fingerprint density at radius 1 is 1.28 bits per heavy atom. The first-order valence-corrected chi connectivity index (χ1v) is 6.29. The smallest absolute Gasteiger partial charge is 0.224 e. The van der Waals surface area contributed by atoms with Crippen LogP contribution >= 0.6 is 0 Å². The number of nitrogens with zero attached hydrogens (tertiary/aromatic N) is 1. The Bertz CT molecular complexity index is 341. The van der Waals surface area contributed by atoms with Gasteiger partial charge in [0.05, 0.1) is 19.6 Å². The Balaban J connectivity index is 2.19. The van der Waals surface area contributed by atoms with Crippen molar-refractivity contribution in [2.45, 2.75) is 12.8 Å². The number of hydrogen-bond donors (Lipinski definition) is 1. The lowest BCUT2D eigenvalue weighted by molar-refractivity contribution is -0.131. The van der Waals surface area contributed by atoms with Crippen LogP contribution in [-0.4, -0.2) is 44.2 Å². The highest BCUT2D eigenvalue weighted by Gasteiger charge is 2.08. The molecule has 0 aliphatic carbocycles. The van der Waals surface area contributed by atoms with E-state index in [1.54, 1.807) is 4.90 Å². The van der Waals surface area contributed by atoms with E-state index in [0.29, 0.717) is 26.2 Å². The molecule has 18 heavy (non-hydrogen) atoms. The highest BCUT2D eigenvalue weighted by atomic mass is 16.5. The number of carbonyl (C=O) groups is 1. The molecule has 0 saturated carbocycles. The summed E-state index contributed by atoms with van der Waals surface area (Å²) >= 11 is 0. The van der Waals surface area contributed by atoms with Crippen molar-refractivity contribution in [2.24, 2.45) is 5.73 Å². The van der Waals surface area contributed by atoms with E-state index in [1.165, 1.54) is 5.56 Å². The molecule has 100 valence electrons. The maximum atomic E-state index is 11.7. The van der Waals surface area contributed by atoms with Gasteiger partial charge in [-0.3, -0.25) is 4.79 Å². The fourth-order valence-electron chi connectivity index (χ4n) is 1.60. The third-order valence-corrected chi connectivity index (χ3v) is 2.73. The van der Waals surface area contributed by atoms with E-state index in [4.69, 9.17) is 10.5 Å². The average molecular weight is 250 g/mol. The number of amides is 1. The van der Waals surface area contributed by atoms with Crippen molar-refractivity contribution in [1.82, 2.24) is 4.90 Å². The van der Waals surface area contributed by atoms with Crippen LogP contribution in [0.3, 0.4) is 0 Å². The van der Waals surface area contributed by atoms with Crippen molar-refractivity contribution in [1.29, 1.82) is 0 Å². The molecule has 4 nitrogen and oxygen atoms in total. The summed E-state index contributed by atoms with van der Waals surface area (Å²) in [5, 5.41) is 0. The van der Waals surface area contributed by atoms with E-state index in [0.717, 1.165) is 13.0 Å². The van der Waals surface area contributed by atoms with Crippen LogP contribution in [0.15, 0.2) is 30.3 Å².